The Morgan fingerprint density at radius 2 is 1.19 bits per heavy atom. The number of carbonyl (C=O) groups is 1. The first-order valence-corrected chi connectivity index (χ1v) is 14.2. The molecule has 2 fully saturated rings. The van der Waals surface area contributed by atoms with Crippen LogP contribution in [0, 0.1) is 70.1 Å². The number of aliphatic hydroxyl groups is 1. The van der Waals surface area contributed by atoms with Crippen molar-refractivity contribution < 1.29 is 90.2 Å². The minimum Gasteiger partial charge on any atom is -0.504 e. The molecule has 2 saturated carbocycles. The van der Waals surface area contributed by atoms with E-state index in [-0.39, 0.29) is 49.4 Å². The number of alkyl halides is 6. The third-order valence-corrected chi connectivity index (χ3v) is 11.7. The molecule has 1 radical (unpaired) electrons. The van der Waals surface area contributed by atoms with Gasteiger partial charge >= 0.3 is 12.4 Å². The Hall–Kier alpha value is -0.176. The number of aliphatic hydroxyl groups excluding tert-OH is 1. The maximum atomic E-state index is 14.7. The molecule has 1 N–H and O–H groups in total. The number of carbonyl (C=O) groups excluding carboxylic acids is 1. The second-order valence-corrected chi connectivity index (χ2v) is 13.3. The van der Waals surface area contributed by atoms with Crippen molar-refractivity contribution in [3.05, 3.63) is 40.7 Å². The second kappa shape index (κ2) is 14.5. The third kappa shape index (κ3) is 9.46. The third-order valence-electron chi connectivity index (χ3n) is 7.06. The van der Waals surface area contributed by atoms with Gasteiger partial charge in [0.1, 0.15) is 7.14 Å². The van der Waals surface area contributed by atoms with Gasteiger partial charge in [0, 0.05) is 72.1 Å². The molecule has 1 aromatic rings. The van der Waals surface area contributed by atoms with E-state index in [9.17, 15) is 35.7 Å². The fraction of sp³-hybridized carbons (Fsp3) is 0.654. The van der Waals surface area contributed by atoms with Gasteiger partial charge < -0.3 is 9.67 Å². The first kappa shape index (κ1) is 34.9. The summed E-state index contributed by atoms with van der Waals surface area (Å²) in [6.45, 7) is 6.57. The molecule has 37 heavy (non-hydrogen) atoms. The van der Waals surface area contributed by atoms with Crippen molar-refractivity contribution >= 4 is 18.2 Å². The van der Waals surface area contributed by atoms with Crippen molar-refractivity contribution in [3.8, 4) is 0 Å². The van der Waals surface area contributed by atoms with Crippen LogP contribution < -0.4 is 5.30 Å². The van der Waals surface area contributed by atoms with Gasteiger partial charge in [-0.05, 0) is 57.6 Å². The number of hydrogen-bond donors (Lipinski definition) is 1. The predicted molar refractivity (Wildman–Crippen MR) is 129 cm³/mol. The molecule has 2 aliphatic carbocycles. The molecule has 0 unspecified atom stereocenters. The van der Waals surface area contributed by atoms with Crippen LogP contribution in [0.5, 0.6) is 0 Å². The Balaban J connectivity index is 0.000000423. The molecule has 1 aromatic carbocycles. The van der Waals surface area contributed by atoms with E-state index in [2.05, 4.69) is 32.9 Å². The molecular weight excluding hydrogens is 657 g/mol. The van der Waals surface area contributed by atoms with Gasteiger partial charge in [0.05, 0.1) is 0 Å². The van der Waals surface area contributed by atoms with E-state index < -0.39 is 37.1 Å². The average Bonchev–Trinajstić information content (AvgIpc) is 2.78. The number of hydrogen-bond acceptors (Lipinski definition) is 3. The Morgan fingerprint density at radius 3 is 1.51 bits per heavy atom. The van der Waals surface area contributed by atoms with Crippen molar-refractivity contribution in [2.45, 2.75) is 109 Å². The molecule has 2 aliphatic rings. The van der Waals surface area contributed by atoms with Gasteiger partial charge in [-0.3, -0.25) is 4.79 Å². The average molecular weight is 692 g/mol. The largest absolute Gasteiger partial charge is 0.504 e. The fourth-order valence-electron chi connectivity index (χ4n) is 5.60. The Kier molecular flexibility index (Phi) is 13.6. The normalized spacial score (nSPS) is 18.5. The maximum Gasteiger partial charge on any atom is 0.454 e. The molecule has 0 amide bonds. The number of aryl methyl sites for hydroxylation is 3. The minimum absolute atomic E-state index is 0. The number of benzene rings is 1. The van der Waals surface area contributed by atoms with Crippen LogP contribution in [-0.2, 0) is 9.36 Å². The molecule has 0 heterocycles. The summed E-state index contributed by atoms with van der Waals surface area (Å²) in [5, 5.41) is 9.21. The van der Waals surface area contributed by atoms with E-state index >= 15 is 0 Å². The predicted octanol–water partition coefficient (Wildman–Crippen LogP) is 8.39. The number of halogens is 6. The molecule has 11 heteroatoms. The second-order valence-electron chi connectivity index (χ2n) is 9.93. The van der Waals surface area contributed by atoms with Gasteiger partial charge in [-0.2, -0.15) is 26.3 Å². The zero-order chi connectivity index (χ0) is 27.3. The summed E-state index contributed by atoms with van der Waals surface area (Å²) < 4.78 is 82.7. The summed E-state index contributed by atoms with van der Waals surface area (Å²) in [5.41, 5.74) is 4.81. The molecule has 0 saturated heterocycles. The van der Waals surface area contributed by atoms with Crippen LogP contribution in [0.1, 0.15) is 80.9 Å². The van der Waals surface area contributed by atoms with Gasteiger partial charge in [-0.25, -0.2) is 0 Å². The molecule has 3 nitrogen and oxygen atoms in total. The first-order valence-electron chi connectivity index (χ1n) is 12.3. The Morgan fingerprint density at radius 1 is 0.811 bits per heavy atom. The molecule has 0 bridgehead atoms. The van der Waals surface area contributed by atoms with E-state index in [0.29, 0.717) is 11.3 Å². The van der Waals surface area contributed by atoms with Crippen molar-refractivity contribution in [1.29, 1.82) is 0 Å². The molecule has 0 atom stereocenters. The quantitative estimate of drug-likeness (QED) is 0.149. The number of rotatable bonds is 4. The van der Waals surface area contributed by atoms with E-state index in [1.807, 2.05) is 0 Å². The van der Waals surface area contributed by atoms with E-state index in [1.165, 1.54) is 86.2 Å². The van der Waals surface area contributed by atoms with Crippen LogP contribution in [0.25, 0.3) is 0 Å². The molecular formula is C26H35EuF6O3P. The van der Waals surface area contributed by atoms with Crippen LogP contribution in [0.15, 0.2) is 24.0 Å². The summed E-state index contributed by atoms with van der Waals surface area (Å²) >= 11 is 0. The molecule has 211 valence electrons. The summed E-state index contributed by atoms with van der Waals surface area (Å²) in [6.07, 6.45) is 0.912. The Bertz CT molecular complexity index is 946. The summed E-state index contributed by atoms with van der Waals surface area (Å²) in [6, 6.07) is 4.53. The summed E-state index contributed by atoms with van der Waals surface area (Å²) in [7, 11) is -2.32. The van der Waals surface area contributed by atoms with Crippen LogP contribution in [0.3, 0.4) is 0 Å². The maximum absolute atomic E-state index is 14.7. The minimum atomic E-state index is -5.42. The van der Waals surface area contributed by atoms with Crippen LogP contribution in [0.4, 0.5) is 26.3 Å². The number of ketones is 1. The van der Waals surface area contributed by atoms with Crippen molar-refractivity contribution in [2.24, 2.45) is 0 Å². The van der Waals surface area contributed by atoms with Crippen molar-refractivity contribution in [1.82, 2.24) is 0 Å². The van der Waals surface area contributed by atoms with Gasteiger partial charge in [0.15, 0.2) is 0 Å². The van der Waals surface area contributed by atoms with Gasteiger partial charge in [0.2, 0.25) is 5.76 Å². The molecule has 0 aliphatic heterocycles. The molecule has 3 rings (SSSR count). The van der Waals surface area contributed by atoms with Gasteiger partial charge in [-0.1, -0.05) is 56.2 Å². The molecule has 0 aromatic heterocycles. The SMILES string of the molecule is Cc1cc(C)c(P(=O)(C2CCCCC2)C2CCCCC2)c(C)c1.O=C(/C=C(\O)C(F)(F)F)C(F)(F)F.[Eu]. The molecule has 0 spiro atoms. The van der Waals surface area contributed by atoms with Crippen molar-refractivity contribution in [2.75, 3.05) is 0 Å². The van der Waals surface area contributed by atoms with Crippen LogP contribution in [-0.4, -0.2) is 34.6 Å². The zero-order valence-corrected chi connectivity index (χ0v) is 24.6. The topological polar surface area (TPSA) is 54.4 Å². The van der Waals surface area contributed by atoms with E-state index in [1.54, 1.807) is 0 Å². The van der Waals surface area contributed by atoms with E-state index in [0.717, 1.165) is 0 Å². The zero-order valence-electron chi connectivity index (χ0n) is 21.3. The van der Waals surface area contributed by atoms with Gasteiger partial charge in [-0.15, -0.1) is 0 Å². The standard InChI is InChI=1S/C21H33OP.C5H2F6O2.Eu/c1-16-14-17(2)21(18(3)15-16)23(22,19-10-6-4-7-11-19)20-12-8-5-9-13-20;6-4(7,8)2(12)1-3(13)5(9,10)11;/h14-15,19-20H,4-13H2,1-3H3;1,12H;/b;2-1-;. The van der Waals surface area contributed by atoms with Crippen molar-refractivity contribution in [3.63, 3.8) is 0 Å². The summed E-state index contributed by atoms with van der Waals surface area (Å²) in [5.74, 6) is -5.34. The van der Waals surface area contributed by atoms with Gasteiger partial charge in [0.25, 0.3) is 5.78 Å². The summed E-state index contributed by atoms with van der Waals surface area (Å²) in [4.78, 5) is 9.86. The first-order chi connectivity index (χ1) is 16.6. The number of allylic oxidation sites excluding steroid dienone is 2. The van der Waals surface area contributed by atoms with E-state index in [4.69, 9.17) is 5.11 Å². The Labute approximate surface area is 255 Å². The monoisotopic (exact) mass is 693 g/mol. The van der Waals surface area contributed by atoms with Crippen LogP contribution >= 0.6 is 7.14 Å². The fourth-order valence-corrected chi connectivity index (χ4v) is 10.4. The smallest absolute Gasteiger partial charge is 0.454 e. The van der Waals surface area contributed by atoms with Crippen LogP contribution in [0.2, 0.25) is 0 Å².